The van der Waals surface area contributed by atoms with Crippen LogP contribution < -0.4 is 19.4 Å². The van der Waals surface area contributed by atoms with Crippen molar-refractivity contribution in [1.82, 2.24) is 0 Å². The van der Waals surface area contributed by atoms with Gasteiger partial charge in [-0.2, -0.15) is 0 Å². The summed E-state index contributed by atoms with van der Waals surface area (Å²) in [5.74, 6) is -0.774. The van der Waals surface area contributed by atoms with E-state index in [1.807, 2.05) is 92.6 Å². The molecule has 2 aliphatic rings. The van der Waals surface area contributed by atoms with Gasteiger partial charge in [0.05, 0.1) is 18.2 Å². The van der Waals surface area contributed by atoms with Crippen molar-refractivity contribution in [2.75, 3.05) is 49.5 Å². The Labute approximate surface area is 210 Å². The van der Waals surface area contributed by atoms with E-state index in [0.717, 1.165) is 34.7 Å². The van der Waals surface area contributed by atoms with E-state index in [4.69, 9.17) is 4.74 Å². The zero-order valence-electron chi connectivity index (χ0n) is 20.9. The highest BCUT2D eigenvalue weighted by atomic mass is 16.5. The number of ether oxygens (including phenoxy) is 1. The number of carbonyl (C=O) groups excluding carboxylic acids is 2. The number of aliphatic hydroxyl groups excluding tert-OH is 1. The number of aliphatic hydroxyl groups is 1. The standard InChI is InChI=1S/C29H29N3O4/c1-30(2)21-8-5-18(6-9-21)26-25(27(33)20-7-14-24-19(17-20)15-16-36-24)28(34)29(35)32(26)23-12-10-22(11-13-23)31(3)4/h5-14,17,26,33H,15-16H2,1-4H3/b27-25-. The third-order valence-electron chi connectivity index (χ3n) is 6.78. The van der Waals surface area contributed by atoms with E-state index < -0.39 is 17.7 Å². The molecular formula is C29H29N3O4. The number of hydrogen-bond donors (Lipinski definition) is 1. The van der Waals surface area contributed by atoms with Gasteiger partial charge >= 0.3 is 0 Å². The van der Waals surface area contributed by atoms with Gasteiger partial charge in [0, 0.05) is 57.2 Å². The molecule has 0 spiro atoms. The van der Waals surface area contributed by atoms with Gasteiger partial charge in [-0.25, -0.2) is 0 Å². The minimum atomic E-state index is -0.768. The first-order chi connectivity index (χ1) is 17.3. The smallest absolute Gasteiger partial charge is 0.300 e. The zero-order valence-corrected chi connectivity index (χ0v) is 20.9. The number of anilines is 3. The number of carbonyl (C=O) groups is 2. The number of ketones is 1. The molecular weight excluding hydrogens is 454 g/mol. The summed E-state index contributed by atoms with van der Waals surface area (Å²) in [6.45, 7) is 0.588. The van der Waals surface area contributed by atoms with Crippen LogP contribution in [0.2, 0.25) is 0 Å². The van der Waals surface area contributed by atoms with Gasteiger partial charge in [0.2, 0.25) is 0 Å². The van der Waals surface area contributed by atoms with Crippen LogP contribution in [0.25, 0.3) is 5.76 Å². The van der Waals surface area contributed by atoms with Crippen molar-refractivity contribution in [3.05, 3.63) is 89.0 Å². The van der Waals surface area contributed by atoms with Crippen LogP contribution in [-0.4, -0.2) is 51.6 Å². The molecule has 0 aromatic heterocycles. The first-order valence-electron chi connectivity index (χ1n) is 11.9. The van der Waals surface area contributed by atoms with E-state index >= 15 is 0 Å². The third kappa shape index (κ3) is 3.96. The van der Waals surface area contributed by atoms with Gasteiger partial charge in [0.25, 0.3) is 11.7 Å². The maximum Gasteiger partial charge on any atom is 0.300 e. The minimum Gasteiger partial charge on any atom is -0.507 e. The van der Waals surface area contributed by atoms with Crippen molar-refractivity contribution >= 4 is 34.5 Å². The van der Waals surface area contributed by atoms with E-state index in [-0.39, 0.29) is 11.3 Å². The molecule has 1 fully saturated rings. The number of rotatable bonds is 5. The fourth-order valence-corrected chi connectivity index (χ4v) is 4.77. The van der Waals surface area contributed by atoms with Crippen LogP contribution in [0.3, 0.4) is 0 Å². The molecule has 0 saturated carbocycles. The van der Waals surface area contributed by atoms with E-state index in [1.54, 1.807) is 12.1 Å². The molecule has 184 valence electrons. The lowest BCUT2D eigenvalue weighted by Gasteiger charge is -2.26. The predicted molar refractivity (Wildman–Crippen MR) is 142 cm³/mol. The molecule has 1 saturated heterocycles. The number of benzene rings is 3. The molecule has 5 rings (SSSR count). The average Bonchev–Trinajstić information content (AvgIpc) is 3.45. The zero-order chi connectivity index (χ0) is 25.6. The number of nitrogens with zero attached hydrogens (tertiary/aromatic N) is 3. The highest BCUT2D eigenvalue weighted by Crippen LogP contribution is 2.43. The topological polar surface area (TPSA) is 73.3 Å². The van der Waals surface area contributed by atoms with Gasteiger partial charge in [-0.15, -0.1) is 0 Å². The first-order valence-corrected chi connectivity index (χ1v) is 11.9. The lowest BCUT2D eigenvalue weighted by Crippen LogP contribution is -2.29. The van der Waals surface area contributed by atoms with Crippen molar-refractivity contribution in [2.45, 2.75) is 12.5 Å². The molecule has 1 N–H and O–H groups in total. The summed E-state index contributed by atoms with van der Waals surface area (Å²) in [6.07, 6.45) is 0.735. The fraction of sp³-hybridized carbons (Fsp3) is 0.241. The van der Waals surface area contributed by atoms with Gasteiger partial charge in [0.15, 0.2) is 0 Å². The average molecular weight is 484 g/mol. The molecule has 1 unspecified atom stereocenters. The van der Waals surface area contributed by atoms with Gasteiger partial charge < -0.3 is 19.6 Å². The highest BCUT2D eigenvalue weighted by molar-refractivity contribution is 6.51. The van der Waals surface area contributed by atoms with Crippen LogP contribution in [0.15, 0.2) is 72.3 Å². The molecule has 0 aliphatic carbocycles. The maximum absolute atomic E-state index is 13.4. The summed E-state index contributed by atoms with van der Waals surface area (Å²) >= 11 is 0. The van der Waals surface area contributed by atoms with E-state index in [0.29, 0.717) is 17.9 Å². The summed E-state index contributed by atoms with van der Waals surface area (Å²) in [6, 6.07) is 19.7. The van der Waals surface area contributed by atoms with E-state index in [2.05, 4.69) is 0 Å². The van der Waals surface area contributed by atoms with E-state index in [1.165, 1.54) is 4.90 Å². The molecule has 2 aliphatic heterocycles. The van der Waals surface area contributed by atoms with Crippen molar-refractivity contribution in [3.8, 4) is 5.75 Å². The maximum atomic E-state index is 13.4. The fourth-order valence-electron chi connectivity index (χ4n) is 4.77. The Balaban J connectivity index is 1.66. The van der Waals surface area contributed by atoms with Gasteiger partial charge in [-0.3, -0.25) is 14.5 Å². The van der Waals surface area contributed by atoms with Crippen LogP contribution in [0.4, 0.5) is 17.1 Å². The summed E-state index contributed by atoms with van der Waals surface area (Å²) in [5, 5.41) is 11.4. The molecule has 7 nitrogen and oxygen atoms in total. The summed E-state index contributed by atoms with van der Waals surface area (Å²) in [4.78, 5) is 32.3. The van der Waals surface area contributed by atoms with Crippen molar-refractivity contribution in [3.63, 3.8) is 0 Å². The number of Topliss-reactive ketones (excluding diaryl/α,β-unsaturated/α-hetero) is 1. The predicted octanol–water partition coefficient (Wildman–Crippen LogP) is 4.38. The highest BCUT2D eigenvalue weighted by Gasteiger charge is 2.47. The number of hydrogen-bond acceptors (Lipinski definition) is 6. The Morgan fingerprint density at radius 2 is 1.50 bits per heavy atom. The lowest BCUT2D eigenvalue weighted by atomic mass is 9.94. The van der Waals surface area contributed by atoms with Crippen LogP contribution in [0.1, 0.15) is 22.7 Å². The first kappa shape index (κ1) is 23.5. The number of amides is 1. The summed E-state index contributed by atoms with van der Waals surface area (Å²) < 4.78 is 5.58. The van der Waals surface area contributed by atoms with Gasteiger partial charge in [-0.05, 0) is 65.7 Å². The molecule has 7 heteroatoms. The Kier molecular flexibility index (Phi) is 5.92. The van der Waals surface area contributed by atoms with Gasteiger partial charge in [0.1, 0.15) is 11.5 Å². The second-order valence-electron chi connectivity index (χ2n) is 9.49. The molecule has 3 aromatic carbocycles. The molecule has 3 aromatic rings. The molecule has 1 atom stereocenters. The second-order valence-corrected chi connectivity index (χ2v) is 9.49. The quantitative estimate of drug-likeness (QED) is 0.330. The molecule has 0 radical (unpaired) electrons. The Morgan fingerprint density at radius 3 is 2.11 bits per heavy atom. The Morgan fingerprint density at radius 1 is 0.889 bits per heavy atom. The van der Waals surface area contributed by atoms with Gasteiger partial charge in [-0.1, -0.05) is 12.1 Å². The lowest BCUT2D eigenvalue weighted by molar-refractivity contribution is -0.132. The largest absolute Gasteiger partial charge is 0.507 e. The Bertz CT molecular complexity index is 1360. The SMILES string of the molecule is CN(C)c1ccc(C2/C(=C(/O)c3ccc4c(c3)CCO4)C(=O)C(=O)N2c2ccc(N(C)C)cc2)cc1. The second kappa shape index (κ2) is 9.07. The van der Waals surface area contributed by atoms with Crippen molar-refractivity contribution in [2.24, 2.45) is 0 Å². The van der Waals surface area contributed by atoms with Crippen molar-refractivity contribution in [1.29, 1.82) is 0 Å². The van der Waals surface area contributed by atoms with Crippen LogP contribution in [0, 0.1) is 0 Å². The van der Waals surface area contributed by atoms with Crippen LogP contribution >= 0.6 is 0 Å². The molecule has 1 amide bonds. The monoisotopic (exact) mass is 483 g/mol. The normalized spacial score (nSPS) is 18.2. The summed E-state index contributed by atoms with van der Waals surface area (Å²) in [7, 11) is 7.78. The minimum absolute atomic E-state index is 0.0770. The number of fused-ring (bicyclic) bond motifs is 1. The summed E-state index contributed by atoms with van der Waals surface area (Å²) in [5.41, 5.74) is 4.84. The third-order valence-corrected chi connectivity index (χ3v) is 6.78. The van der Waals surface area contributed by atoms with Crippen LogP contribution in [-0.2, 0) is 16.0 Å². The van der Waals surface area contributed by atoms with E-state index in [9.17, 15) is 14.7 Å². The molecule has 2 heterocycles. The van der Waals surface area contributed by atoms with Crippen molar-refractivity contribution < 1.29 is 19.4 Å². The van der Waals surface area contributed by atoms with Crippen LogP contribution in [0.5, 0.6) is 5.75 Å². The molecule has 36 heavy (non-hydrogen) atoms. The Hall–Kier alpha value is -4.26. The molecule has 0 bridgehead atoms.